The third-order valence-electron chi connectivity index (χ3n) is 5.64. The van der Waals surface area contributed by atoms with Crippen molar-refractivity contribution in [3.63, 3.8) is 0 Å². The molecular weight excluding hydrogens is 222 g/mol. The molecule has 3 aliphatic heterocycles. The first kappa shape index (κ1) is 12.9. The molecule has 0 radical (unpaired) electrons. The largest absolute Gasteiger partial charge is 0.315 e. The molecule has 104 valence electrons. The molecule has 3 heterocycles. The highest BCUT2D eigenvalue weighted by Crippen LogP contribution is 2.33. The lowest BCUT2D eigenvalue weighted by Gasteiger charge is -2.52. The highest BCUT2D eigenvalue weighted by atomic mass is 15.4. The lowest BCUT2D eigenvalue weighted by atomic mass is 9.76. The summed E-state index contributed by atoms with van der Waals surface area (Å²) in [5, 5.41) is 3.67. The van der Waals surface area contributed by atoms with Crippen molar-refractivity contribution in [2.45, 2.75) is 44.7 Å². The van der Waals surface area contributed by atoms with Gasteiger partial charge in [-0.15, -0.1) is 0 Å². The van der Waals surface area contributed by atoms with Crippen molar-refractivity contribution in [3.8, 4) is 0 Å². The Labute approximate surface area is 112 Å². The predicted octanol–water partition coefficient (Wildman–Crippen LogP) is 1.40. The fourth-order valence-corrected chi connectivity index (χ4v) is 4.39. The maximum absolute atomic E-state index is 3.67. The van der Waals surface area contributed by atoms with Gasteiger partial charge in [0.15, 0.2) is 0 Å². The van der Waals surface area contributed by atoms with Crippen LogP contribution in [0.5, 0.6) is 0 Å². The van der Waals surface area contributed by atoms with Gasteiger partial charge in [0.2, 0.25) is 0 Å². The molecule has 2 atom stereocenters. The Morgan fingerprint density at radius 1 is 1.00 bits per heavy atom. The summed E-state index contributed by atoms with van der Waals surface area (Å²) in [7, 11) is 2.18. The molecule has 1 saturated carbocycles. The van der Waals surface area contributed by atoms with Crippen LogP contribution in [0.15, 0.2) is 0 Å². The summed E-state index contributed by atoms with van der Waals surface area (Å²) in [6, 6.07) is 1.50. The van der Waals surface area contributed by atoms with Gasteiger partial charge in [-0.2, -0.15) is 0 Å². The van der Waals surface area contributed by atoms with Crippen molar-refractivity contribution >= 4 is 0 Å². The van der Waals surface area contributed by atoms with Gasteiger partial charge in [0.25, 0.3) is 0 Å². The molecule has 4 aliphatic rings. The van der Waals surface area contributed by atoms with E-state index in [1.165, 1.54) is 58.4 Å². The van der Waals surface area contributed by atoms with E-state index in [0.717, 1.165) is 23.9 Å². The normalized spacial score (nSPS) is 46.0. The van der Waals surface area contributed by atoms with Crippen LogP contribution in [0.2, 0.25) is 0 Å². The standard InChI is InChI=1S/C15H29N3/c1-12-3-5-13(6-4-12)15(16-2)14-11-17-7-9-18(14)10-8-17/h12-16H,3-11H2,1-2H3. The summed E-state index contributed by atoms with van der Waals surface area (Å²) >= 11 is 0. The van der Waals surface area contributed by atoms with Crippen molar-refractivity contribution in [2.75, 3.05) is 39.8 Å². The van der Waals surface area contributed by atoms with Gasteiger partial charge in [0.1, 0.15) is 0 Å². The van der Waals surface area contributed by atoms with Crippen LogP contribution < -0.4 is 5.32 Å². The van der Waals surface area contributed by atoms with Crippen LogP contribution in [-0.2, 0) is 0 Å². The second kappa shape index (κ2) is 5.48. The fourth-order valence-electron chi connectivity index (χ4n) is 4.39. The van der Waals surface area contributed by atoms with Gasteiger partial charge < -0.3 is 5.32 Å². The average Bonchev–Trinajstić information content (AvgIpc) is 2.43. The number of fused-ring (bicyclic) bond motifs is 3. The van der Waals surface area contributed by atoms with E-state index in [4.69, 9.17) is 0 Å². The van der Waals surface area contributed by atoms with E-state index in [2.05, 4.69) is 29.1 Å². The molecule has 1 N–H and O–H groups in total. The van der Waals surface area contributed by atoms with Crippen LogP contribution in [0.1, 0.15) is 32.6 Å². The predicted molar refractivity (Wildman–Crippen MR) is 75.8 cm³/mol. The molecule has 18 heavy (non-hydrogen) atoms. The minimum Gasteiger partial charge on any atom is -0.315 e. The first-order valence-corrected chi connectivity index (χ1v) is 7.91. The maximum Gasteiger partial charge on any atom is 0.0380 e. The molecule has 3 heteroatoms. The Morgan fingerprint density at radius 2 is 1.67 bits per heavy atom. The summed E-state index contributed by atoms with van der Waals surface area (Å²) in [6.45, 7) is 8.92. The SMILES string of the molecule is CNC(C1CCC(C)CC1)C1CN2CCN1CC2. The molecule has 2 bridgehead atoms. The van der Waals surface area contributed by atoms with Gasteiger partial charge in [-0.25, -0.2) is 0 Å². The van der Waals surface area contributed by atoms with Gasteiger partial charge in [0.05, 0.1) is 0 Å². The molecule has 0 aromatic heterocycles. The second-order valence-corrected chi connectivity index (χ2v) is 6.74. The van der Waals surface area contributed by atoms with Gasteiger partial charge in [-0.05, 0) is 31.7 Å². The number of nitrogens with one attached hydrogen (secondary N) is 1. The summed E-state index contributed by atoms with van der Waals surface area (Å²) < 4.78 is 0. The summed E-state index contributed by atoms with van der Waals surface area (Å²) in [5.41, 5.74) is 0. The van der Waals surface area contributed by atoms with E-state index in [-0.39, 0.29) is 0 Å². The van der Waals surface area contributed by atoms with Crippen molar-refractivity contribution in [3.05, 3.63) is 0 Å². The Hall–Kier alpha value is -0.120. The van der Waals surface area contributed by atoms with E-state index in [9.17, 15) is 0 Å². The van der Waals surface area contributed by atoms with Crippen LogP contribution in [0.3, 0.4) is 0 Å². The summed E-state index contributed by atoms with van der Waals surface area (Å²) in [5.74, 6) is 1.88. The molecule has 0 aromatic rings. The molecule has 3 saturated heterocycles. The van der Waals surface area contributed by atoms with Crippen molar-refractivity contribution in [1.29, 1.82) is 0 Å². The molecule has 1 aliphatic carbocycles. The number of hydrogen-bond donors (Lipinski definition) is 1. The molecule has 4 fully saturated rings. The van der Waals surface area contributed by atoms with Gasteiger partial charge in [-0.1, -0.05) is 19.8 Å². The molecule has 0 spiro atoms. The van der Waals surface area contributed by atoms with Crippen LogP contribution >= 0.6 is 0 Å². The van der Waals surface area contributed by atoms with Crippen molar-refractivity contribution in [2.24, 2.45) is 11.8 Å². The third kappa shape index (κ3) is 2.45. The molecule has 2 unspecified atom stereocenters. The van der Waals surface area contributed by atoms with Crippen molar-refractivity contribution in [1.82, 2.24) is 15.1 Å². The van der Waals surface area contributed by atoms with Crippen LogP contribution in [0.4, 0.5) is 0 Å². The average molecular weight is 251 g/mol. The highest BCUT2D eigenvalue weighted by molar-refractivity contribution is 4.97. The van der Waals surface area contributed by atoms with E-state index in [1.807, 2.05) is 0 Å². The van der Waals surface area contributed by atoms with Crippen LogP contribution in [0.25, 0.3) is 0 Å². The first-order valence-electron chi connectivity index (χ1n) is 7.91. The lowest BCUT2D eigenvalue weighted by Crippen LogP contribution is -2.67. The van der Waals surface area contributed by atoms with Crippen molar-refractivity contribution < 1.29 is 0 Å². The number of rotatable bonds is 3. The molecule has 4 rings (SSSR count). The zero-order valence-electron chi connectivity index (χ0n) is 12.1. The second-order valence-electron chi connectivity index (χ2n) is 6.74. The molecule has 0 amide bonds. The van der Waals surface area contributed by atoms with E-state index in [1.54, 1.807) is 0 Å². The fraction of sp³-hybridized carbons (Fsp3) is 1.00. The van der Waals surface area contributed by atoms with Gasteiger partial charge >= 0.3 is 0 Å². The first-order chi connectivity index (χ1) is 8.78. The number of nitrogens with zero attached hydrogens (tertiary/aromatic N) is 2. The van der Waals surface area contributed by atoms with Gasteiger partial charge in [-0.3, -0.25) is 9.80 Å². The zero-order chi connectivity index (χ0) is 12.5. The summed E-state index contributed by atoms with van der Waals surface area (Å²) in [4.78, 5) is 5.42. The minimum atomic E-state index is 0.723. The van der Waals surface area contributed by atoms with Crippen LogP contribution in [0, 0.1) is 11.8 Å². The number of hydrogen-bond acceptors (Lipinski definition) is 3. The lowest BCUT2D eigenvalue weighted by molar-refractivity contribution is -0.0161. The molecule has 3 nitrogen and oxygen atoms in total. The smallest absolute Gasteiger partial charge is 0.0380 e. The Balaban J connectivity index is 1.65. The third-order valence-corrected chi connectivity index (χ3v) is 5.64. The number of piperazine rings is 3. The number of likely N-dealkylation sites (N-methyl/N-ethyl adjacent to an activating group) is 1. The van der Waals surface area contributed by atoms with E-state index >= 15 is 0 Å². The Kier molecular flexibility index (Phi) is 3.92. The summed E-state index contributed by atoms with van der Waals surface area (Å²) in [6.07, 6.45) is 5.77. The zero-order valence-corrected chi connectivity index (χ0v) is 12.1. The van der Waals surface area contributed by atoms with E-state index in [0.29, 0.717) is 0 Å². The highest BCUT2D eigenvalue weighted by Gasteiger charge is 2.39. The van der Waals surface area contributed by atoms with E-state index < -0.39 is 0 Å². The van der Waals surface area contributed by atoms with Gasteiger partial charge in [0, 0.05) is 44.8 Å². The topological polar surface area (TPSA) is 18.5 Å². The Morgan fingerprint density at radius 3 is 2.17 bits per heavy atom. The van der Waals surface area contributed by atoms with Crippen LogP contribution in [-0.4, -0.2) is 61.7 Å². The minimum absolute atomic E-state index is 0.723. The molecule has 0 aromatic carbocycles. The maximum atomic E-state index is 3.67. The Bertz CT molecular complexity index is 265. The molecular formula is C15H29N3. The quantitative estimate of drug-likeness (QED) is 0.818. The monoisotopic (exact) mass is 251 g/mol.